The number of hydrogen-bond acceptors (Lipinski definition) is 4. The normalized spacial score (nSPS) is 12.2. The highest BCUT2D eigenvalue weighted by Gasteiger charge is 2.02. The number of nitrogens with zero attached hydrogens (tertiary/aromatic N) is 2. The fourth-order valence-corrected chi connectivity index (χ4v) is 1.82. The van der Waals surface area contributed by atoms with Crippen LogP contribution < -0.4 is 11.1 Å². The zero-order chi connectivity index (χ0) is 13.7. The number of halogens is 1. The molecule has 0 saturated carbocycles. The third kappa shape index (κ3) is 4.01. The molecule has 0 radical (unpaired) electrons. The standard InChI is InChI=1S/C14H17BrN4/c1-10(6-16)7-17-14-18-8-12(9-19-14)11-2-4-13(15)5-3-11/h2-5,8-10H,6-7,16H2,1H3,(H,17,18,19). The van der Waals surface area contributed by atoms with Crippen LogP contribution in [0.25, 0.3) is 11.1 Å². The van der Waals surface area contributed by atoms with Crippen molar-refractivity contribution in [2.45, 2.75) is 6.92 Å². The van der Waals surface area contributed by atoms with Crippen LogP contribution in [-0.4, -0.2) is 23.1 Å². The minimum Gasteiger partial charge on any atom is -0.354 e. The molecule has 1 aromatic heterocycles. The first-order chi connectivity index (χ1) is 9.19. The molecule has 1 aromatic carbocycles. The predicted octanol–water partition coefficient (Wildman–Crippen LogP) is 2.91. The third-order valence-corrected chi connectivity index (χ3v) is 3.37. The number of anilines is 1. The maximum Gasteiger partial charge on any atom is 0.222 e. The van der Waals surface area contributed by atoms with Crippen molar-refractivity contribution in [2.24, 2.45) is 11.7 Å². The molecule has 2 aromatic rings. The van der Waals surface area contributed by atoms with E-state index in [1.165, 1.54) is 0 Å². The lowest BCUT2D eigenvalue weighted by Crippen LogP contribution is -2.20. The van der Waals surface area contributed by atoms with Crippen molar-refractivity contribution >= 4 is 21.9 Å². The molecule has 1 heterocycles. The summed E-state index contributed by atoms with van der Waals surface area (Å²) in [5.74, 6) is 1.05. The molecule has 19 heavy (non-hydrogen) atoms. The highest BCUT2D eigenvalue weighted by atomic mass is 79.9. The summed E-state index contributed by atoms with van der Waals surface area (Å²) >= 11 is 3.42. The summed E-state index contributed by atoms with van der Waals surface area (Å²) in [6.07, 6.45) is 3.65. The Kier molecular flexibility index (Phi) is 4.87. The van der Waals surface area contributed by atoms with E-state index < -0.39 is 0 Å². The SMILES string of the molecule is CC(CN)CNc1ncc(-c2ccc(Br)cc2)cn1. The zero-order valence-corrected chi connectivity index (χ0v) is 12.4. The van der Waals surface area contributed by atoms with E-state index in [1.54, 1.807) is 0 Å². The summed E-state index contributed by atoms with van der Waals surface area (Å²) in [5, 5.41) is 3.17. The first-order valence-electron chi connectivity index (χ1n) is 6.21. The maximum atomic E-state index is 5.56. The summed E-state index contributed by atoms with van der Waals surface area (Å²) in [7, 11) is 0. The number of benzene rings is 1. The van der Waals surface area contributed by atoms with Gasteiger partial charge in [0.25, 0.3) is 0 Å². The van der Waals surface area contributed by atoms with Gasteiger partial charge in [0.2, 0.25) is 5.95 Å². The molecule has 100 valence electrons. The van der Waals surface area contributed by atoms with Gasteiger partial charge in [-0.05, 0) is 30.2 Å². The zero-order valence-electron chi connectivity index (χ0n) is 10.8. The molecule has 5 heteroatoms. The molecular formula is C14H17BrN4. The van der Waals surface area contributed by atoms with Crippen LogP contribution in [0.3, 0.4) is 0 Å². The molecule has 0 aliphatic carbocycles. The molecule has 0 aliphatic rings. The summed E-state index contributed by atoms with van der Waals surface area (Å²) in [6.45, 7) is 3.53. The molecule has 0 aliphatic heterocycles. The Morgan fingerprint density at radius 1 is 1.16 bits per heavy atom. The topological polar surface area (TPSA) is 63.8 Å². The number of hydrogen-bond donors (Lipinski definition) is 2. The number of aromatic nitrogens is 2. The van der Waals surface area contributed by atoms with Crippen molar-refractivity contribution in [1.82, 2.24) is 9.97 Å². The summed E-state index contributed by atoms with van der Waals surface area (Å²) in [6, 6.07) is 8.08. The predicted molar refractivity (Wildman–Crippen MR) is 81.9 cm³/mol. The average Bonchev–Trinajstić information content (AvgIpc) is 2.46. The van der Waals surface area contributed by atoms with Crippen molar-refractivity contribution in [3.8, 4) is 11.1 Å². The van der Waals surface area contributed by atoms with Gasteiger partial charge >= 0.3 is 0 Å². The molecule has 0 amide bonds. The minimum absolute atomic E-state index is 0.412. The van der Waals surface area contributed by atoms with Gasteiger partial charge in [-0.3, -0.25) is 0 Å². The molecular weight excluding hydrogens is 304 g/mol. The smallest absolute Gasteiger partial charge is 0.222 e. The quantitative estimate of drug-likeness (QED) is 0.889. The summed E-state index contributed by atoms with van der Waals surface area (Å²) in [4.78, 5) is 8.62. The van der Waals surface area contributed by atoms with Crippen LogP contribution in [0.15, 0.2) is 41.1 Å². The Hall–Kier alpha value is -1.46. The lowest BCUT2D eigenvalue weighted by molar-refractivity contribution is 0.625. The largest absolute Gasteiger partial charge is 0.354 e. The second-order valence-corrected chi connectivity index (χ2v) is 5.44. The molecule has 2 rings (SSSR count). The van der Waals surface area contributed by atoms with Crippen LogP contribution in [0.1, 0.15) is 6.92 Å². The molecule has 1 unspecified atom stereocenters. The van der Waals surface area contributed by atoms with Gasteiger partial charge in [0, 0.05) is 29.0 Å². The highest BCUT2D eigenvalue weighted by molar-refractivity contribution is 9.10. The highest BCUT2D eigenvalue weighted by Crippen LogP contribution is 2.20. The van der Waals surface area contributed by atoms with E-state index in [-0.39, 0.29) is 0 Å². The van der Waals surface area contributed by atoms with Gasteiger partial charge in [0.1, 0.15) is 0 Å². The monoisotopic (exact) mass is 320 g/mol. The molecule has 0 saturated heterocycles. The van der Waals surface area contributed by atoms with Crippen molar-refractivity contribution in [3.63, 3.8) is 0 Å². The summed E-state index contributed by atoms with van der Waals surface area (Å²) < 4.78 is 1.06. The first kappa shape index (κ1) is 14.0. The maximum absolute atomic E-state index is 5.56. The molecule has 0 bridgehead atoms. The van der Waals surface area contributed by atoms with Gasteiger partial charge in [0.15, 0.2) is 0 Å². The molecule has 3 N–H and O–H groups in total. The number of rotatable bonds is 5. The number of nitrogens with one attached hydrogen (secondary N) is 1. The Labute approximate surface area is 121 Å². The van der Waals surface area contributed by atoms with Gasteiger partial charge in [0.05, 0.1) is 0 Å². The Morgan fingerprint density at radius 3 is 2.37 bits per heavy atom. The fraction of sp³-hybridized carbons (Fsp3) is 0.286. The van der Waals surface area contributed by atoms with Crippen LogP contribution >= 0.6 is 15.9 Å². The van der Waals surface area contributed by atoms with Gasteiger partial charge in [-0.25, -0.2) is 9.97 Å². The molecule has 4 nitrogen and oxygen atoms in total. The lowest BCUT2D eigenvalue weighted by atomic mass is 10.1. The van der Waals surface area contributed by atoms with Gasteiger partial charge < -0.3 is 11.1 Å². The van der Waals surface area contributed by atoms with Crippen LogP contribution in [0.2, 0.25) is 0 Å². The van der Waals surface area contributed by atoms with E-state index in [0.29, 0.717) is 18.4 Å². The van der Waals surface area contributed by atoms with Gasteiger partial charge in [-0.15, -0.1) is 0 Å². The minimum atomic E-state index is 0.412. The van der Waals surface area contributed by atoms with E-state index in [4.69, 9.17) is 5.73 Å². The molecule has 0 spiro atoms. The van der Waals surface area contributed by atoms with Crippen LogP contribution in [0, 0.1) is 5.92 Å². The van der Waals surface area contributed by atoms with Crippen molar-refractivity contribution in [2.75, 3.05) is 18.4 Å². The van der Waals surface area contributed by atoms with Crippen LogP contribution in [0.4, 0.5) is 5.95 Å². The lowest BCUT2D eigenvalue weighted by Gasteiger charge is -2.10. The van der Waals surface area contributed by atoms with E-state index in [1.807, 2.05) is 36.7 Å². The van der Waals surface area contributed by atoms with Gasteiger partial charge in [-0.1, -0.05) is 35.0 Å². The molecule has 1 atom stereocenters. The van der Waals surface area contributed by atoms with E-state index in [2.05, 4.69) is 38.1 Å². The first-order valence-corrected chi connectivity index (χ1v) is 7.00. The Bertz CT molecular complexity index is 510. The Balaban J connectivity index is 2.04. The van der Waals surface area contributed by atoms with E-state index in [9.17, 15) is 0 Å². The fourth-order valence-electron chi connectivity index (χ4n) is 1.56. The average molecular weight is 321 g/mol. The van der Waals surface area contributed by atoms with Crippen molar-refractivity contribution in [3.05, 3.63) is 41.1 Å². The second-order valence-electron chi connectivity index (χ2n) is 4.52. The van der Waals surface area contributed by atoms with Gasteiger partial charge in [-0.2, -0.15) is 0 Å². The van der Waals surface area contributed by atoms with E-state index >= 15 is 0 Å². The third-order valence-electron chi connectivity index (χ3n) is 2.84. The second kappa shape index (κ2) is 6.63. The Morgan fingerprint density at radius 2 is 1.79 bits per heavy atom. The van der Waals surface area contributed by atoms with Crippen molar-refractivity contribution in [1.29, 1.82) is 0 Å². The van der Waals surface area contributed by atoms with Crippen molar-refractivity contribution < 1.29 is 0 Å². The summed E-state index contributed by atoms with van der Waals surface area (Å²) in [5.41, 5.74) is 7.67. The van der Waals surface area contributed by atoms with Crippen LogP contribution in [0.5, 0.6) is 0 Å². The van der Waals surface area contributed by atoms with Crippen LogP contribution in [-0.2, 0) is 0 Å². The van der Waals surface area contributed by atoms with E-state index in [0.717, 1.165) is 22.1 Å². The number of nitrogens with two attached hydrogens (primary N) is 1. The molecule has 0 fully saturated rings.